The van der Waals surface area contributed by atoms with Gasteiger partial charge in [-0.2, -0.15) is 0 Å². The van der Waals surface area contributed by atoms with Gasteiger partial charge in [-0.15, -0.1) is 0 Å². The van der Waals surface area contributed by atoms with Crippen molar-refractivity contribution in [2.45, 2.75) is 77.7 Å². The smallest absolute Gasteiger partial charge is 0.246 e. The molecule has 1 unspecified atom stereocenters. The summed E-state index contributed by atoms with van der Waals surface area (Å²) in [5.74, 6) is 0.312. The lowest BCUT2D eigenvalue weighted by Crippen LogP contribution is -2.52. The summed E-state index contributed by atoms with van der Waals surface area (Å²) in [6, 6.07) is 17.7. The summed E-state index contributed by atoms with van der Waals surface area (Å²) >= 11 is 0. The maximum atomic E-state index is 13.6. The SMILES string of the molecule is CCCC[C@H](NC(=O)[C@H](CC(C)C)NC(C)=O)C(=O)Nc1ccc2c(c1)Oc1cc(N)ccc1C21OCc2ccccc21. The highest BCUT2D eigenvalue weighted by Crippen LogP contribution is 2.56. The van der Waals surface area contributed by atoms with Gasteiger partial charge in [-0.1, -0.05) is 57.9 Å². The van der Waals surface area contributed by atoms with Crippen LogP contribution in [0.2, 0.25) is 0 Å². The topological polar surface area (TPSA) is 132 Å². The number of benzene rings is 3. The van der Waals surface area contributed by atoms with Crippen molar-refractivity contribution in [2.75, 3.05) is 11.1 Å². The van der Waals surface area contributed by atoms with Gasteiger partial charge >= 0.3 is 0 Å². The van der Waals surface area contributed by atoms with Gasteiger partial charge in [-0.3, -0.25) is 14.4 Å². The van der Waals surface area contributed by atoms with Gasteiger partial charge in [0.1, 0.15) is 23.6 Å². The Morgan fingerprint density at radius 1 is 0.907 bits per heavy atom. The van der Waals surface area contributed by atoms with Crippen LogP contribution in [0.1, 0.15) is 75.6 Å². The summed E-state index contributed by atoms with van der Waals surface area (Å²) in [5.41, 5.74) is 10.2. The molecule has 2 aliphatic rings. The van der Waals surface area contributed by atoms with E-state index in [9.17, 15) is 14.4 Å². The van der Waals surface area contributed by atoms with Crippen molar-refractivity contribution in [3.05, 3.63) is 82.9 Å². The van der Waals surface area contributed by atoms with E-state index in [0.29, 0.717) is 42.3 Å². The maximum absolute atomic E-state index is 13.6. The maximum Gasteiger partial charge on any atom is 0.246 e. The Hall–Kier alpha value is -4.37. The fraction of sp³-hybridized carbons (Fsp3) is 0.382. The first-order valence-electron chi connectivity index (χ1n) is 15.0. The molecule has 3 aromatic rings. The molecule has 43 heavy (non-hydrogen) atoms. The number of nitrogens with two attached hydrogens (primary N) is 1. The van der Waals surface area contributed by atoms with E-state index >= 15 is 0 Å². The van der Waals surface area contributed by atoms with E-state index in [1.165, 1.54) is 6.92 Å². The summed E-state index contributed by atoms with van der Waals surface area (Å²) in [6.07, 6.45) is 2.54. The fourth-order valence-electron chi connectivity index (χ4n) is 5.98. The molecule has 0 aliphatic carbocycles. The average Bonchev–Trinajstić information content (AvgIpc) is 3.34. The molecule has 3 atom stereocenters. The molecular formula is C34H40N4O5. The van der Waals surface area contributed by atoms with Crippen molar-refractivity contribution in [3.8, 4) is 11.5 Å². The Morgan fingerprint density at radius 2 is 1.63 bits per heavy atom. The zero-order chi connectivity index (χ0) is 30.7. The molecule has 0 fully saturated rings. The Kier molecular flexibility index (Phi) is 8.73. The predicted molar refractivity (Wildman–Crippen MR) is 166 cm³/mol. The Morgan fingerprint density at radius 3 is 2.35 bits per heavy atom. The number of unbranched alkanes of at least 4 members (excludes halogenated alkanes) is 1. The highest BCUT2D eigenvalue weighted by molar-refractivity contribution is 5.98. The van der Waals surface area contributed by atoms with Crippen LogP contribution >= 0.6 is 0 Å². The molecular weight excluding hydrogens is 544 g/mol. The molecule has 5 rings (SSSR count). The molecule has 2 heterocycles. The van der Waals surface area contributed by atoms with Crippen LogP contribution in [0, 0.1) is 5.92 Å². The van der Waals surface area contributed by atoms with Crippen LogP contribution in [0.3, 0.4) is 0 Å². The van der Waals surface area contributed by atoms with Crippen molar-refractivity contribution in [2.24, 2.45) is 5.92 Å². The van der Waals surface area contributed by atoms with E-state index in [4.69, 9.17) is 15.2 Å². The Balaban J connectivity index is 1.43. The van der Waals surface area contributed by atoms with Crippen LogP contribution in [0.4, 0.5) is 11.4 Å². The standard InChI is InChI=1S/C34H40N4O5/c1-5-6-11-28(38-33(41)29(16-20(2)3)36-21(4)39)32(40)37-24-13-15-27-31(18-24)43-30-17-23(35)12-14-26(30)34(27)25-10-8-7-9-22(25)19-42-34/h7-10,12-15,17-18,20,28-29H,5-6,11,16,19,35H2,1-4H3,(H,36,39)(H,37,40)(H,38,41)/t28-,29-,34?/m0/s1. The number of ether oxygens (including phenoxy) is 2. The number of hydrogen-bond donors (Lipinski definition) is 4. The zero-order valence-electron chi connectivity index (χ0n) is 25.2. The molecule has 226 valence electrons. The molecule has 0 saturated carbocycles. The third-order valence-electron chi connectivity index (χ3n) is 7.95. The van der Waals surface area contributed by atoms with E-state index in [-0.39, 0.29) is 23.6 Å². The van der Waals surface area contributed by atoms with Crippen molar-refractivity contribution in [3.63, 3.8) is 0 Å². The minimum Gasteiger partial charge on any atom is -0.456 e. The number of amides is 3. The second kappa shape index (κ2) is 12.5. The van der Waals surface area contributed by atoms with E-state index in [1.54, 1.807) is 12.1 Å². The van der Waals surface area contributed by atoms with E-state index in [1.807, 2.05) is 57.2 Å². The van der Waals surface area contributed by atoms with Gasteiger partial charge in [0.05, 0.1) is 6.61 Å². The molecule has 0 saturated heterocycles. The van der Waals surface area contributed by atoms with Crippen LogP contribution in [-0.2, 0) is 31.3 Å². The van der Waals surface area contributed by atoms with Gasteiger partial charge < -0.3 is 31.2 Å². The summed E-state index contributed by atoms with van der Waals surface area (Å²) in [5, 5.41) is 8.58. The lowest BCUT2D eigenvalue weighted by Gasteiger charge is -2.37. The molecule has 3 amide bonds. The summed E-state index contributed by atoms with van der Waals surface area (Å²) in [6.45, 7) is 7.82. The first kappa shape index (κ1) is 30.1. The number of nitrogen functional groups attached to an aromatic ring is 1. The summed E-state index contributed by atoms with van der Waals surface area (Å²) in [4.78, 5) is 38.5. The lowest BCUT2D eigenvalue weighted by molar-refractivity contribution is -0.130. The largest absolute Gasteiger partial charge is 0.456 e. The van der Waals surface area contributed by atoms with Crippen molar-refractivity contribution < 1.29 is 23.9 Å². The molecule has 0 radical (unpaired) electrons. The lowest BCUT2D eigenvalue weighted by atomic mass is 9.77. The third kappa shape index (κ3) is 6.08. The predicted octanol–water partition coefficient (Wildman–Crippen LogP) is 5.36. The van der Waals surface area contributed by atoms with Crippen LogP contribution < -0.4 is 26.4 Å². The number of anilines is 2. The van der Waals surface area contributed by atoms with Crippen LogP contribution in [0.5, 0.6) is 11.5 Å². The van der Waals surface area contributed by atoms with Gasteiger partial charge in [-0.25, -0.2) is 0 Å². The van der Waals surface area contributed by atoms with Gasteiger partial charge in [0.2, 0.25) is 17.7 Å². The number of carbonyl (C=O) groups excluding carboxylic acids is 3. The molecule has 3 aromatic carbocycles. The number of rotatable bonds is 10. The van der Waals surface area contributed by atoms with E-state index in [2.05, 4.69) is 28.1 Å². The normalized spacial score (nSPS) is 17.7. The van der Waals surface area contributed by atoms with Crippen LogP contribution in [0.25, 0.3) is 0 Å². The van der Waals surface area contributed by atoms with Crippen molar-refractivity contribution in [1.29, 1.82) is 0 Å². The second-order valence-electron chi connectivity index (χ2n) is 11.8. The van der Waals surface area contributed by atoms with Crippen LogP contribution in [0.15, 0.2) is 60.7 Å². The minimum absolute atomic E-state index is 0.181. The molecule has 9 nitrogen and oxygen atoms in total. The number of nitrogens with one attached hydrogen (secondary N) is 3. The Labute approximate surface area is 252 Å². The van der Waals surface area contributed by atoms with Crippen molar-refractivity contribution in [1.82, 2.24) is 10.6 Å². The first-order valence-corrected chi connectivity index (χ1v) is 15.0. The Bertz CT molecular complexity index is 1540. The molecule has 0 aromatic heterocycles. The second-order valence-corrected chi connectivity index (χ2v) is 11.8. The molecule has 2 aliphatic heterocycles. The highest BCUT2D eigenvalue weighted by Gasteiger charge is 2.49. The summed E-state index contributed by atoms with van der Waals surface area (Å²) in [7, 11) is 0. The fourth-order valence-corrected chi connectivity index (χ4v) is 5.98. The van der Waals surface area contributed by atoms with Gasteiger partial charge in [-0.05, 0) is 54.2 Å². The average molecular weight is 585 g/mol. The minimum atomic E-state index is -0.872. The van der Waals surface area contributed by atoms with E-state index in [0.717, 1.165) is 35.1 Å². The molecule has 1 spiro atoms. The highest BCUT2D eigenvalue weighted by atomic mass is 16.5. The number of hydrogen-bond acceptors (Lipinski definition) is 6. The summed E-state index contributed by atoms with van der Waals surface area (Å²) < 4.78 is 12.9. The first-order chi connectivity index (χ1) is 20.6. The van der Waals surface area contributed by atoms with E-state index < -0.39 is 17.7 Å². The molecule has 5 N–H and O–H groups in total. The van der Waals surface area contributed by atoms with Gasteiger partial charge in [0.15, 0.2) is 5.60 Å². The third-order valence-corrected chi connectivity index (χ3v) is 7.95. The molecule has 9 heteroatoms. The molecule has 0 bridgehead atoms. The van der Waals surface area contributed by atoms with Gasteiger partial charge in [0.25, 0.3) is 0 Å². The number of fused-ring (bicyclic) bond motifs is 6. The van der Waals surface area contributed by atoms with Crippen molar-refractivity contribution >= 4 is 29.1 Å². The van der Waals surface area contributed by atoms with Crippen LogP contribution in [-0.4, -0.2) is 29.8 Å². The zero-order valence-corrected chi connectivity index (χ0v) is 25.2. The quantitative estimate of drug-likeness (QED) is 0.237. The van der Waals surface area contributed by atoms with Gasteiger partial charge in [0, 0.05) is 41.6 Å². The monoisotopic (exact) mass is 584 g/mol. The number of carbonyl (C=O) groups is 3.